The Morgan fingerprint density at radius 3 is 2.45 bits per heavy atom. The first-order chi connectivity index (χ1) is 9.36. The minimum atomic E-state index is -4.46. The summed E-state index contributed by atoms with van der Waals surface area (Å²) in [5.41, 5.74) is -0.240. The number of nitrogens with one attached hydrogen (secondary N) is 1. The highest BCUT2D eigenvalue weighted by Gasteiger charge is 2.33. The monoisotopic (exact) mass is 285 g/mol. The van der Waals surface area contributed by atoms with Gasteiger partial charge in [0.25, 0.3) is 0 Å². The number of hydrogen-bond acceptors (Lipinski definition) is 4. The fourth-order valence-electron chi connectivity index (χ4n) is 1.48. The maximum absolute atomic E-state index is 12.4. The summed E-state index contributed by atoms with van der Waals surface area (Å²) in [6, 6.07) is 4.50. The topological polar surface area (TPSA) is 55.6 Å². The zero-order valence-corrected chi connectivity index (χ0v) is 11.0. The third-order valence-electron chi connectivity index (χ3n) is 2.51. The van der Waals surface area contributed by atoms with Crippen LogP contribution >= 0.6 is 0 Å². The number of alkyl halides is 3. The van der Waals surface area contributed by atoms with E-state index in [9.17, 15) is 13.2 Å². The lowest BCUT2D eigenvalue weighted by Crippen LogP contribution is -2.22. The summed E-state index contributed by atoms with van der Waals surface area (Å²) in [5, 5.41) is 14.4. The van der Waals surface area contributed by atoms with Crippen LogP contribution in [0.25, 0.3) is 5.82 Å². The Bertz CT molecular complexity index is 559. The fraction of sp³-hybridized carbons (Fsp3) is 0.417. The van der Waals surface area contributed by atoms with Crippen molar-refractivity contribution in [2.24, 2.45) is 0 Å². The molecule has 108 valence electrons. The summed E-state index contributed by atoms with van der Waals surface area (Å²) >= 11 is 0. The first-order valence-electron chi connectivity index (χ1n) is 6.05. The van der Waals surface area contributed by atoms with Crippen molar-refractivity contribution in [2.75, 3.05) is 0 Å². The average molecular weight is 285 g/mol. The van der Waals surface area contributed by atoms with Gasteiger partial charge in [-0.3, -0.25) is 0 Å². The van der Waals surface area contributed by atoms with Crippen molar-refractivity contribution >= 4 is 0 Å². The van der Waals surface area contributed by atoms with Crippen molar-refractivity contribution in [3.63, 3.8) is 0 Å². The van der Waals surface area contributed by atoms with Crippen molar-refractivity contribution < 1.29 is 13.2 Å². The second-order valence-electron chi connectivity index (χ2n) is 4.56. The van der Waals surface area contributed by atoms with Crippen molar-refractivity contribution in [1.29, 1.82) is 0 Å². The van der Waals surface area contributed by atoms with E-state index in [1.165, 1.54) is 6.20 Å². The van der Waals surface area contributed by atoms with Gasteiger partial charge in [0.1, 0.15) is 0 Å². The molecule has 2 aromatic rings. The van der Waals surface area contributed by atoms with Crippen LogP contribution in [0.3, 0.4) is 0 Å². The molecule has 2 heterocycles. The number of rotatable bonds is 4. The van der Waals surface area contributed by atoms with Crippen LogP contribution in [0.2, 0.25) is 0 Å². The van der Waals surface area contributed by atoms with Gasteiger partial charge in [-0.2, -0.15) is 23.4 Å². The molecule has 0 aliphatic heterocycles. The Morgan fingerprint density at radius 2 is 1.95 bits per heavy atom. The molecular formula is C12H14F3N5. The second kappa shape index (κ2) is 5.58. The van der Waals surface area contributed by atoms with Crippen LogP contribution in [0.5, 0.6) is 0 Å². The Hall–Kier alpha value is -1.96. The first kappa shape index (κ1) is 14.4. The molecule has 0 unspecified atom stereocenters. The molecule has 0 spiro atoms. The third kappa shape index (κ3) is 3.53. The Kier molecular flexibility index (Phi) is 4.03. The molecule has 1 N–H and O–H groups in total. The summed E-state index contributed by atoms with van der Waals surface area (Å²) in [6.45, 7) is 4.56. The lowest BCUT2D eigenvalue weighted by Gasteiger charge is -2.07. The Morgan fingerprint density at radius 1 is 1.20 bits per heavy atom. The maximum Gasteiger partial charge on any atom is 0.435 e. The standard InChI is InChI=1S/C12H14F3N5/c1-8(2)16-7-9-3-4-11(18-17-9)20-6-5-10(19-20)12(13,14)15/h3-6,8,16H,7H2,1-2H3. The molecule has 0 saturated heterocycles. The first-order valence-corrected chi connectivity index (χ1v) is 6.05. The zero-order valence-electron chi connectivity index (χ0n) is 11.0. The van der Waals surface area contributed by atoms with Crippen molar-refractivity contribution in [2.45, 2.75) is 32.6 Å². The molecule has 5 nitrogen and oxygen atoms in total. The third-order valence-corrected chi connectivity index (χ3v) is 2.51. The molecular weight excluding hydrogens is 271 g/mol. The van der Waals surface area contributed by atoms with E-state index in [1.807, 2.05) is 13.8 Å². The van der Waals surface area contributed by atoms with Crippen LogP contribution in [0.15, 0.2) is 24.4 Å². The van der Waals surface area contributed by atoms with Crippen LogP contribution in [-0.4, -0.2) is 26.0 Å². The van der Waals surface area contributed by atoms with Crippen LogP contribution in [0.1, 0.15) is 25.2 Å². The SMILES string of the molecule is CC(C)NCc1ccc(-n2ccc(C(F)(F)F)n2)nn1. The Balaban J connectivity index is 2.12. The highest BCUT2D eigenvalue weighted by molar-refractivity contribution is 5.22. The van der Waals surface area contributed by atoms with Gasteiger partial charge in [0.05, 0.1) is 5.69 Å². The molecule has 0 aromatic carbocycles. The van der Waals surface area contributed by atoms with E-state index in [2.05, 4.69) is 20.6 Å². The molecule has 8 heteroatoms. The average Bonchev–Trinajstić information content (AvgIpc) is 2.86. The van der Waals surface area contributed by atoms with Gasteiger partial charge in [0, 0.05) is 18.8 Å². The molecule has 0 aliphatic carbocycles. The smallest absolute Gasteiger partial charge is 0.309 e. The van der Waals surface area contributed by atoms with E-state index < -0.39 is 11.9 Å². The summed E-state index contributed by atoms with van der Waals surface area (Å²) < 4.78 is 38.4. The van der Waals surface area contributed by atoms with Gasteiger partial charge in [-0.1, -0.05) is 13.8 Å². The van der Waals surface area contributed by atoms with E-state index in [0.717, 1.165) is 10.7 Å². The zero-order chi connectivity index (χ0) is 14.8. The van der Waals surface area contributed by atoms with E-state index in [1.54, 1.807) is 12.1 Å². The van der Waals surface area contributed by atoms with Gasteiger partial charge < -0.3 is 5.32 Å². The number of hydrogen-bond donors (Lipinski definition) is 1. The summed E-state index contributed by atoms with van der Waals surface area (Å²) in [4.78, 5) is 0. The molecule has 0 saturated carbocycles. The highest BCUT2D eigenvalue weighted by atomic mass is 19.4. The van der Waals surface area contributed by atoms with E-state index in [-0.39, 0.29) is 5.82 Å². The van der Waals surface area contributed by atoms with E-state index in [4.69, 9.17) is 0 Å². The minimum Gasteiger partial charge on any atom is -0.309 e. The van der Waals surface area contributed by atoms with Crippen LogP contribution in [0.4, 0.5) is 13.2 Å². The predicted octanol–water partition coefficient (Wildman–Crippen LogP) is 2.18. The van der Waals surface area contributed by atoms with Gasteiger partial charge in [0.15, 0.2) is 11.5 Å². The summed E-state index contributed by atoms with van der Waals surface area (Å²) in [5.74, 6) is 0.244. The minimum absolute atomic E-state index is 0.244. The van der Waals surface area contributed by atoms with Gasteiger partial charge in [-0.05, 0) is 18.2 Å². The summed E-state index contributed by atoms with van der Waals surface area (Å²) in [6.07, 6.45) is -3.25. The summed E-state index contributed by atoms with van der Waals surface area (Å²) in [7, 11) is 0. The molecule has 0 bridgehead atoms. The molecule has 2 aromatic heterocycles. The molecule has 20 heavy (non-hydrogen) atoms. The molecule has 2 rings (SSSR count). The normalized spacial score (nSPS) is 12.1. The van der Waals surface area contributed by atoms with Crippen LogP contribution in [-0.2, 0) is 12.7 Å². The van der Waals surface area contributed by atoms with Gasteiger partial charge in [-0.25, -0.2) is 4.68 Å². The Labute approximate surface area is 113 Å². The van der Waals surface area contributed by atoms with Crippen LogP contribution < -0.4 is 5.32 Å². The second-order valence-corrected chi connectivity index (χ2v) is 4.56. The molecule has 0 radical (unpaired) electrons. The number of nitrogens with zero attached hydrogens (tertiary/aromatic N) is 4. The van der Waals surface area contributed by atoms with Gasteiger partial charge in [0.2, 0.25) is 0 Å². The maximum atomic E-state index is 12.4. The van der Waals surface area contributed by atoms with Gasteiger partial charge in [-0.15, -0.1) is 5.10 Å². The molecule has 0 atom stereocenters. The molecule has 0 fully saturated rings. The predicted molar refractivity (Wildman–Crippen MR) is 66.1 cm³/mol. The van der Waals surface area contributed by atoms with Gasteiger partial charge >= 0.3 is 6.18 Å². The quantitative estimate of drug-likeness (QED) is 0.935. The largest absolute Gasteiger partial charge is 0.435 e. The van der Waals surface area contributed by atoms with Crippen LogP contribution in [0, 0.1) is 0 Å². The number of halogens is 3. The van der Waals surface area contributed by atoms with E-state index >= 15 is 0 Å². The lowest BCUT2D eigenvalue weighted by atomic mass is 10.3. The van der Waals surface area contributed by atoms with Crippen molar-refractivity contribution in [3.05, 3.63) is 35.8 Å². The van der Waals surface area contributed by atoms with Crippen molar-refractivity contribution in [1.82, 2.24) is 25.3 Å². The fourth-order valence-corrected chi connectivity index (χ4v) is 1.48. The van der Waals surface area contributed by atoms with Crippen molar-refractivity contribution in [3.8, 4) is 5.82 Å². The lowest BCUT2D eigenvalue weighted by molar-refractivity contribution is -0.141. The molecule has 0 aliphatic rings. The molecule has 0 amide bonds. The number of aromatic nitrogens is 4. The van der Waals surface area contributed by atoms with E-state index in [0.29, 0.717) is 18.3 Å². The highest BCUT2D eigenvalue weighted by Crippen LogP contribution is 2.27.